The van der Waals surface area contributed by atoms with Gasteiger partial charge in [-0.15, -0.1) is 0 Å². The third-order valence-electron chi connectivity index (χ3n) is 3.26. The predicted octanol–water partition coefficient (Wildman–Crippen LogP) is 3.38. The van der Waals surface area contributed by atoms with Gasteiger partial charge < -0.3 is 10.3 Å². The molecule has 1 aromatic heterocycles. The molecule has 2 N–H and O–H groups in total. The highest BCUT2D eigenvalue weighted by molar-refractivity contribution is 5.98. The summed E-state index contributed by atoms with van der Waals surface area (Å²) < 4.78 is 26.5. The summed E-state index contributed by atoms with van der Waals surface area (Å²) >= 11 is 0. The van der Waals surface area contributed by atoms with Gasteiger partial charge in [0, 0.05) is 34.8 Å². The Morgan fingerprint density at radius 3 is 2.81 bits per heavy atom. The fourth-order valence-corrected chi connectivity index (χ4v) is 2.15. The lowest BCUT2D eigenvalue weighted by Crippen LogP contribution is -2.23. The van der Waals surface area contributed by atoms with Gasteiger partial charge in [-0.2, -0.15) is 0 Å². The molecular formula is C16H12F2N2O. The van der Waals surface area contributed by atoms with Crippen LogP contribution in [0.2, 0.25) is 0 Å². The smallest absolute Gasteiger partial charge is 0.251 e. The highest BCUT2D eigenvalue weighted by Crippen LogP contribution is 2.15. The number of halogens is 2. The predicted molar refractivity (Wildman–Crippen MR) is 75.8 cm³/mol. The van der Waals surface area contributed by atoms with Crippen LogP contribution >= 0.6 is 0 Å². The maximum Gasteiger partial charge on any atom is 0.251 e. The van der Waals surface area contributed by atoms with Crippen LogP contribution in [0.1, 0.15) is 15.9 Å². The standard InChI is InChI=1S/C16H12F2N2O/c17-13-2-3-14(18)12(8-13)9-20-16(21)11-1-4-15-10(7-11)5-6-19-15/h1-8,19H,9H2,(H,20,21). The molecule has 3 nitrogen and oxygen atoms in total. The van der Waals surface area contributed by atoms with Crippen molar-refractivity contribution in [2.75, 3.05) is 0 Å². The number of carbonyl (C=O) groups is 1. The topological polar surface area (TPSA) is 44.9 Å². The van der Waals surface area contributed by atoms with E-state index >= 15 is 0 Å². The zero-order valence-corrected chi connectivity index (χ0v) is 11.0. The Hall–Kier alpha value is -2.69. The van der Waals surface area contributed by atoms with Crippen LogP contribution < -0.4 is 5.32 Å². The number of aromatic amines is 1. The van der Waals surface area contributed by atoms with E-state index < -0.39 is 11.6 Å². The molecule has 0 spiro atoms. The number of hydrogen-bond donors (Lipinski definition) is 2. The summed E-state index contributed by atoms with van der Waals surface area (Å²) in [6, 6.07) is 10.2. The van der Waals surface area contributed by atoms with Crippen molar-refractivity contribution in [2.24, 2.45) is 0 Å². The molecule has 1 heterocycles. The number of hydrogen-bond acceptors (Lipinski definition) is 1. The average Bonchev–Trinajstić information content (AvgIpc) is 2.95. The molecule has 0 bridgehead atoms. The van der Waals surface area contributed by atoms with Crippen molar-refractivity contribution in [2.45, 2.75) is 6.54 Å². The van der Waals surface area contributed by atoms with E-state index in [4.69, 9.17) is 0 Å². The molecule has 0 atom stereocenters. The molecule has 0 aliphatic rings. The van der Waals surface area contributed by atoms with Crippen LogP contribution in [0.5, 0.6) is 0 Å². The number of fused-ring (bicyclic) bond motifs is 1. The van der Waals surface area contributed by atoms with Crippen molar-refractivity contribution in [1.82, 2.24) is 10.3 Å². The van der Waals surface area contributed by atoms with Crippen molar-refractivity contribution in [3.8, 4) is 0 Å². The van der Waals surface area contributed by atoms with Gasteiger partial charge in [0.25, 0.3) is 5.91 Å². The van der Waals surface area contributed by atoms with Crippen LogP contribution in [0.15, 0.2) is 48.7 Å². The molecule has 3 rings (SSSR count). The molecule has 3 aromatic rings. The average molecular weight is 286 g/mol. The van der Waals surface area contributed by atoms with Gasteiger partial charge in [-0.05, 0) is 42.5 Å². The normalized spacial score (nSPS) is 10.8. The minimum atomic E-state index is -0.544. The van der Waals surface area contributed by atoms with Crippen LogP contribution in [-0.4, -0.2) is 10.9 Å². The quantitative estimate of drug-likeness (QED) is 0.761. The Labute approximate surface area is 119 Å². The number of aromatic nitrogens is 1. The molecule has 21 heavy (non-hydrogen) atoms. The molecular weight excluding hydrogens is 274 g/mol. The minimum absolute atomic E-state index is 0.0619. The number of nitrogens with one attached hydrogen (secondary N) is 2. The molecule has 2 aromatic carbocycles. The molecule has 0 unspecified atom stereocenters. The lowest BCUT2D eigenvalue weighted by atomic mass is 10.1. The maximum absolute atomic E-state index is 13.5. The summed E-state index contributed by atoms with van der Waals surface area (Å²) in [5, 5.41) is 3.50. The van der Waals surface area contributed by atoms with E-state index in [1.807, 2.05) is 6.07 Å². The first-order valence-electron chi connectivity index (χ1n) is 6.43. The van der Waals surface area contributed by atoms with E-state index in [-0.39, 0.29) is 18.0 Å². The van der Waals surface area contributed by atoms with Gasteiger partial charge in [-0.3, -0.25) is 4.79 Å². The number of rotatable bonds is 3. The first-order chi connectivity index (χ1) is 10.1. The summed E-state index contributed by atoms with van der Waals surface area (Å²) in [5.41, 5.74) is 1.52. The van der Waals surface area contributed by atoms with E-state index in [1.165, 1.54) is 0 Å². The summed E-state index contributed by atoms with van der Waals surface area (Å²) in [6.45, 7) is -0.0619. The fourth-order valence-electron chi connectivity index (χ4n) is 2.15. The van der Waals surface area contributed by atoms with Crippen LogP contribution in [0, 0.1) is 11.6 Å². The fraction of sp³-hybridized carbons (Fsp3) is 0.0625. The molecule has 0 aliphatic heterocycles. The Kier molecular flexibility index (Phi) is 3.39. The van der Waals surface area contributed by atoms with Crippen LogP contribution in [0.25, 0.3) is 10.9 Å². The van der Waals surface area contributed by atoms with Crippen molar-refractivity contribution < 1.29 is 13.6 Å². The van der Waals surface area contributed by atoms with Crippen LogP contribution in [-0.2, 0) is 6.54 Å². The Balaban J connectivity index is 1.75. The van der Waals surface area contributed by atoms with Crippen molar-refractivity contribution in [1.29, 1.82) is 0 Å². The molecule has 0 fully saturated rings. The third kappa shape index (κ3) is 2.76. The molecule has 1 amide bonds. The van der Waals surface area contributed by atoms with E-state index in [0.29, 0.717) is 5.56 Å². The van der Waals surface area contributed by atoms with Crippen molar-refractivity contribution in [3.05, 3.63) is 71.4 Å². The maximum atomic E-state index is 13.5. The number of H-pyrrole nitrogens is 1. The first kappa shape index (κ1) is 13.3. The SMILES string of the molecule is O=C(NCc1cc(F)ccc1F)c1ccc2[nH]ccc2c1. The molecule has 106 valence electrons. The highest BCUT2D eigenvalue weighted by Gasteiger charge is 2.09. The van der Waals surface area contributed by atoms with Crippen LogP contribution in [0.3, 0.4) is 0 Å². The van der Waals surface area contributed by atoms with Crippen molar-refractivity contribution in [3.63, 3.8) is 0 Å². The Morgan fingerprint density at radius 2 is 1.95 bits per heavy atom. The van der Waals surface area contributed by atoms with Gasteiger partial charge in [-0.1, -0.05) is 0 Å². The summed E-state index contributed by atoms with van der Waals surface area (Å²) in [6.07, 6.45) is 1.79. The zero-order chi connectivity index (χ0) is 14.8. The van der Waals surface area contributed by atoms with Gasteiger partial charge in [0.1, 0.15) is 11.6 Å². The van der Waals surface area contributed by atoms with Gasteiger partial charge in [0.05, 0.1) is 0 Å². The second-order valence-electron chi connectivity index (χ2n) is 4.70. The number of benzene rings is 2. The monoisotopic (exact) mass is 286 g/mol. The third-order valence-corrected chi connectivity index (χ3v) is 3.26. The number of carbonyl (C=O) groups excluding carboxylic acids is 1. The van der Waals surface area contributed by atoms with E-state index in [0.717, 1.165) is 29.1 Å². The molecule has 0 radical (unpaired) electrons. The molecule has 0 saturated heterocycles. The van der Waals surface area contributed by atoms with Gasteiger partial charge in [0.2, 0.25) is 0 Å². The zero-order valence-electron chi connectivity index (χ0n) is 11.0. The second-order valence-corrected chi connectivity index (χ2v) is 4.70. The second kappa shape index (κ2) is 5.36. The number of amides is 1. The minimum Gasteiger partial charge on any atom is -0.361 e. The van der Waals surface area contributed by atoms with Gasteiger partial charge in [-0.25, -0.2) is 8.78 Å². The van der Waals surface area contributed by atoms with Gasteiger partial charge >= 0.3 is 0 Å². The lowest BCUT2D eigenvalue weighted by Gasteiger charge is -2.07. The van der Waals surface area contributed by atoms with Crippen molar-refractivity contribution >= 4 is 16.8 Å². The lowest BCUT2D eigenvalue weighted by molar-refractivity contribution is 0.0950. The Morgan fingerprint density at radius 1 is 1.10 bits per heavy atom. The first-order valence-corrected chi connectivity index (χ1v) is 6.43. The molecule has 5 heteroatoms. The largest absolute Gasteiger partial charge is 0.361 e. The van der Waals surface area contributed by atoms with Gasteiger partial charge in [0.15, 0.2) is 0 Å². The molecule has 0 aliphatic carbocycles. The van der Waals surface area contributed by atoms with E-state index in [2.05, 4.69) is 10.3 Å². The summed E-state index contributed by atoms with van der Waals surface area (Å²) in [5.74, 6) is -1.41. The van der Waals surface area contributed by atoms with E-state index in [1.54, 1.807) is 24.4 Å². The Bertz CT molecular complexity index is 811. The van der Waals surface area contributed by atoms with Crippen LogP contribution in [0.4, 0.5) is 8.78 Å². The molecule has 0 saturated carbocycles. The van der Waals surface area contributed by atoms with E-state index in [9.17, 15) is 13.6 Å². The summed E-state index contributed by atoms with van der Waals surface area (Å²) in [7, 11) is 0. The summed E-state index contributed by atoms with van der Waals surface area (Å²) in [4.78, 5) is 15.1. The highest BCUT2D eigenvalue weighted by atomic mass is 19.1.